The highest BCUT2D eigenvalue weighted by Gasteiger charge is 2.47. The number of benzene rings is 2. The first-order valence-corrected chi connectivity index (χ1v) is 13.0. The van der Waals surface area contributed by atoms with Gasteiger partial charge in [0, 0.05) is 17.7 Å². The first-order chi connectivity index (χ1) is 20.0. The van der Waals surface area contributed by atoms with Gasteiger partial charge in [-0.3, -0.25) is 0 Å². The summed E-state index contributed by atoms with van der Waals surface area (Å²) in [7, 11) is 0. The number of phenols is 2. The van der Waals surface area contributed by atoms with Crippen LogP contribution in [0.2, 0.25) is 0 Å². The third kappa shape index (κ3) is 5.71. The topological polar surface area (TPSA) is 248 Å². The number of aromatic hydroxyl groups is 2. The summed E-state index contributed by atoms with van der Waals surface area (Å²) in [6.07, 6.45) is -15.3. The number of fused-ring (bicyclic) bond motifs is 1. The zero-order valence-electron chi connectivity index (χ0n) is 21.8. The Labute approximate surface area is 238 Å². The predicted octanol–water partition coefficient (Wildman–Crippen LogP) is -2.43. The van der Waals surface area contributed by atoms with Gasteiger partial charge in [0.2, 0.25) is 12.6 Å². The fraction of sp³-hybridized carbons (Fsp3) is 0.481. The van der Waals surface area contributed by atoms with Crippen LogP contribution in [0.1, 0.15) is 17.2 Å². The van der Waals surface area contributed by atoms with Crippen LogP contribution in [0, 0.1) is 0 Å². The van der Waals surface area contributed by atoms with E-state index in [-0.39, 0.29) is 28.6 Å². The molecule has 0 radical (unpaired) electrons. The quantitative estimate of drug-likeness (QED) is 0.160. The van der Waals surface area contributed by atoms with Crippen LogP contribution < -0.4 is 9.47 Å². The Balaban J connectivity index is 1.46. The molecule has 0 amide bonds. The second kappa shape index (κ2) is 12.2. The molecule has 0 bridgehead atoms. The number of hydrogen-bond acceptors (Lipinski definition) is 15. The third-order valence-corrected chi connectivity index (χ3v) is 7.28. The fourth-order valence-corrected chi connectivity index (χ4v) is 4.88. The highest BCUT2D eigenvalue weighted by atomic mass is 16.7. The standard InChI is InChI=1S/C27H32O15/c28-8-17-19(32)21(34)23(36)26(41-17)38-12-5-14(31)13-7-16(40-27-24(37)22(35)20(33)18(9-29)42-27)25(39-15(13)6-12)10-1-3-11(30)4-2-10/h1-7,17-37H,8-9H2. The summed E-state index contributed by atoms with van der Waals surface area (Å²) >= 11 is 0. The minimum absolute atomic E-state index is 0.0181. The maximum atomic E-state index is 10.8. The molecule has 10 N–H and O–H groups in total. The van der Waals surface area contributed by atoms with Crippen molar-refractivity contribution in [2.45, 2.75) is 67.5 Å². The minimum atomic E-state index is -1.73. The largest absolute Gasteiger partial charge is 0.508 e. The monoisotopic (exact) mass is 596 g/mol. The highest BCUT2D eigenvalue weighted by Crippen LogP contribution is 2.45. The number of hydrogen-bond donors (Lipinski definition) is 10. The number of phenolic OH excluding ortho intramolecular Hbond substituents is 2. The third-order valence-electron chi connectivity index (χ3n) is 7.28. The summed E-state index contributed by atoms with van der Waals surface area (Å²) in [6.45, 7) is -1.34. The Bertz CT molecular complexity index is 1260. The summed E-state index contributed by atoms with van der Waals surface area (Å²) in [5.41, 5.74) is 0.528. The van der Waals surface area contributed by atoms with Crippen LogP contribution in [-0.4, -0.2) is 126 Å². The molecule has 42 heavy (non-hydrogen) atoms. The minimum Gasteiger partial charge on any atom is -0.508 e. The summed E-state index contributed by atoms with van der Waals surface area (Å²) < 4.78 is 28.4. The molecule has 2 aromatic carbocycles. The molecule has 2 aromatic rings. The van der Waals surface area contributed by atoms with Crippen LogP contribution in [-0.2, 0) is 14.2 Å². The van der Waals surface area contributed by atoms with Gasteiger partial charge in [0.05, 0.1) is 18.8 Å². The van der Waals surface area contributed by atoms with E-state index in [1.165, 1.54) is 36.4 Å². The van der Waals surface area contributed by atoms with E-state index >= 15 is 0 Å². The predicted molar refractivity (Wildman–Crippen MR) is 137 cm³/mol. The summed E-state index contributed by atoms with van der Waals surface area (Å²) in [6, 6.07) is 8.29. The molecule has 2 saturated heterocycles. The second-order valence-electron chi connectivity index (χ2n) is 10.1. The average Bonchev–Trinajstić information content (AvgIpc) is 2.98. The first kappa shape index (κ1) is 30.2. The average molecular weight is 597 g/mol. The van der Waals surface area contributed by atoms with E-state index in [1.807, 2.05) is 0 Å². The van der Waals surface area contributed by atoms with E-state index in [0.717, 1.165) is 6.07 Å². The summed E-state index contributed by atoms with van der Waals surface area (Å²) in [5.74, 6) is -0.481. The smallest absolute Gasteiger partial charge is 0.229 e. The van der Waals surface area contributed by atoms with Gasteiger partial charge in [-0.15, -0.1) is 0 Å². The van der Waals surface area contributed by atoms with Crippen molar-refractivity contribution in [3.05, 3.63) is 53.3 Å². The van der Waals surface area contributed by atoms with E-state index in [2.05, 4.69) is 0 Å². The van der Waals surface area contributed by atoms with Gasteiger partial charge in [0.1, 0.15) is 77.6 Å². The SMILES string of the molecule is OCC1OC(OC2=Cc3c(O)cc(OC4OC(CO)C(O)C(O)C4O)cc3OC2c2ccc(O)cc2)C(O)C(O)C1O. The molecule has 230 valence electrons. The van der Waals surface area contributed by atoms with Crippen molar-refractivity contribution in [2.24, 2.45) is 0 Å². The molecule has 5 rings (SSSR count). The van der Waals surface area contributed by atoms with Gasteiger partial charge >= 0.3 is 0 Å². The molecule has 3 aliphatic heterocycles. The van der Waals surface area contributed by atoms with Crippen molar-refractivity contribution < 1.29 is 74.7 Å². The molecule has 3 heterocycles. The molecule has 0 spiro atoms. The molecular formula is C27H32O15. The van der Waals surface area contributed by atoms with Crippen LogP contribution in [0.15, 0.2) is 42.2 Å². The van der Waals surface area contributed by atoms with Gasteiger partial charge in [-0.25, -0.2) is 0 Å². The fourth-order valence-electron chi connectivity index (χ4n) is 4.88. The van der Waals surface area contributed by atoms with Gasteiger partial charge in [-0.2, -0.15) is 0 Å². The molecule has 11 unspecified atom stereocenters. The Morgan fingerprint density at radius 2 is 1.21 bits per heavy atom. The number of aliphatic hydroxyl groups is 8. The lowest BCUT2D eigenvalue weighted by molar-refractivity contribution is -0.293. The Morgan fingerprint density at radius 3 is 1.76 bits per heavy atom. The van der Waals surface area contributed by atoms with E-state index in [9.17, 15) is 51.1 Å². The molecule has 0 aliphatic carbocycles. The van der Waals surface area contributed by atoms with Crippen molar-refractivity contribution in [2.75, 3.05) is 13.2 Å². The van der Waals surface area contributed by atoms with Crippen LogP contribution in [0.3, 0.4) is 0 Å². The molecule has 3 aliphatic rings. The molecule has 15 nitrogen and oxygen atoms in total. The van der Waals surface area contributed by atoms with Crippen molar-refractivity contribution in [3.63, 3.8) is 0 Å². The van der Waals surface area contributed by atoms with E-state index < -0.39 is 86.5 Å². The Hall–Kier alpha value is -3.22. The summed E-state index contributed by atoms with van der Waals surface area (Å²) in [5, 5.41) is 101. The zero-order valence-corrected chi connectivity index (χ0v) is 21.8. The van der Waals surface area contributed by atoms with Gasteiger partial charge < -0.3 is 74.7 Å². The molecular weight excluding hydrogens is 564 g/mol. The first-order valence-electron chi connectivity index (χ1n) is 13.0. The maximum absolute atomic E-state index is 10.8. The van der Waals surface area contributed by atoms with Crippen molar-refractivity contribution in [1.29, 1.82) is 0 Å². The number of aliphatic hydroxyl groups excluding tert-OH is 8. The van der Waals surface area contributed by atoms with Gasteiger partial charge in [0.25, 0.3) is 0 Å². The normalized spacial score (nSPS) is 36.4. The lowest BCUT2D eigenvalue weighted by Gasteiger charge is -2.41. The van der Waals surface area contributed by atoms with Crippen molar-refractivity contribution in [3.8, 4) is 23.0 Å². The van der Waals surface area contributed by atoms with Crippen LogP contribution in [0.25, 0.3) is 6.08 Å². The van der Waals surface area contributed by atoms with Crippen LogP contribution in [0.4, 0.5) is 0 Å². The van der Waals surface area contributed by atoms with Gasteiger partial charge in [-0.05, 0) is 18.2 Å². The zero-order chi connectivity index (χ0) is 30.3. The van der Waals surface area contributed by atoms with E-state index in [0.29, 0.717) is 5.56 Å². The van der Waals surface area contributed by atoms with Crippen molar-refractivity contribution >= 4 is 6.08 Å². The van der Waals surface area contributed by atoms with Gasteiger partial charge in [0.15, 0.2) is 6.10 Å². The second-order valence-corrected chi connectivity index (χ2v) is 10.1. The summed E-state index contributed by atoms with van der Waals surface area (Å²) in [4.78, 5) is 0. The van der Waals surface area contributed by atoms with E-state index in [1.54, 1.807) is 0 Å². The number of ether oxygens (including phenoxy) is 5. The Morgan fingerprint density at radius 1 is 0.667 bits per heavy atom. The number of rotatable bonds is 7. The van der Waals surface area contributed by atoms with Crippen molar-refractivity contribution in [1.82, 2.24) is 0 Å². The Kier molecular flexibility index (Phi) is 8.77. The molecule has 2 fully saturated rings. The van der Waals surface area contributed by atoms with Gasteiger partial charge in [-0.1, -0.05) is 12.1 Å². The lowest BCUT2D eigenvalue weighted by atomic mass is 9.98. The molecule has 0 aromatic heterocycles. The molecule has 0 saturated carbocycles. The lowest BCUT2D eigenvalue weighted by Crippen LogP contribution is -2.60. The maximum Gasteiger partial charge on any atom is 0.229 e. The van der Waals surface area contributed by atoms with Crippen LogP contribution >= 0.6 is 0 Å². The molecule has 11 atom stereocenters. The van der Waals surface area contributed by atoms with E-state index in [4.69, 9.17) is 23.7 Å². The molecule has 15 heteroatoms. The highest BCUT2D eigenvalue weighted by molar-refractivity contribution is 5.70. The van der Waals surface area contributed by atoms with Crippen LogP contribution in [0.5, 0.6) is 23.0 Å².